The molecule has 0 spiro atoms. The molecule has 2 aromatic carbocycles. The van der Waals surface area contributed by atoms with Crippen LogP contribution in [-0.2, 0) is 4.79 Å². The lowest BCUT2D eigenvalue weighted by Crippen LogP contribution is -2.12. The minimum absolute atomic E-state index is 0.193. The van der Waals surface area contributed by atoms with E-state index >= 15 is 0 Å². The predicted octanol–water partition coefficient (Wildman–Crippen LogP) is 4.13. The summed E-state index contributed by atoms with van der Waals surface area (Å²) < 4.78 is 5.42. The second-order valence-corrected chi connectivity index (χ2v) is 5.48. The molecular weight excluding hydrogens is 314 g/mol. The third kappa shape index (κ3) is 3.15. The molecule has 3 aromatic rings. The number of benzene rings is 2. The standard InChI is InChI=1S/C20H17N3O2/c1-3-18(24)22-20-14(12-21)11-16-15(13-7-5-4-6-8-13)9-10-17(25-2)19(16)23-20/h4-11H,3H2,1-2H3,(H,22,23,24). The third-order valence-corrected chi connectivity index (χ3v) is 3.95. The number of fused-ring (bicyclic) bond motifs is 1. The Morgan fingerprint density at radius 3 is 2.64 bits per heavy atom. The van der Waals surface area contributed by atoms with E-state index in [4.69, 9.17) is 4.74 Å². The van der Waals surface area contributed by atoms with Crippen molar-refractivity contribution in [3.05, 3.63) is 54.1 Å². The minimum Gasteiger partial charge on any atom is -0.494 e. The largest absolute Gasteiger partial charge is 0.494 e. The molecule has 5 heteroatoms. The Morgan fingerprint density at radius 1 is 1.24 bits per heavy atom. The lowest BCUT2D eigenvalue weighted by atomic mass is 9.99. The highest BCUT2D eigenvalue weighted by Gasteiger charge is 2.15. The van der Waals surface area contributed by atoms with Crippen LogP contribution in [0.25, 0.3) is 22.0 Å². The first-order valence-electron chi connectivity index (χ1n) is 7.95. The summed E-state index contributed by atoms with van der Waals surface area (Å²) in [6.07, 6.45) is 0.311. The van der Waals surface area contributed by atoms with Gasteiger partial charge in [0.1, 0.15) is 17.3 Å². The van der Waals surface area contributed by atoms with Gasteiger partial charge in [0, 0.05) is 11.8 Å². The van der Waals surface area contributed by atoms with Gasteiger partial charge in [-0.05, 0) is 29.3 Å². The summed E-state index contributed by atoms with van der Waals surface area (Å²) in [4.78, 5) is 16.2. The van der Waals surface area contributed by atoms with E-state index in [-0.39, 0.29) is 11.7 Å². The minimum atomic E-state index is -0.193. The summed E-state index contributed by atoms with van der Waals surface area (Å²) in [5.41, 5.74) is 2.90. The molecule has 1 aromatic heterocycles. The SMILES string of the molecule is CCC(=O)Nc1nc2c(OC)ccc(-c3ccccc3)c2cc1C#N. The van der Waals surface area contributed by atoms with Crippen LogP contribution in [0.4, 0.5) is 5.82 Å². The van der Waals surface area contributed by atoms with Gasteiger partial charge in [-0.2, -0.15) is 5.26 Å². The number of ether oxygens (including phenoxy) is 1. The number of nitriles is 1. The van der Waals surface area contributed by atoms with Crippen LogP contribution in [-0.4, -0.2) is 18.0 Å². The fourth-order valence-corrected chi connectivity index (χ4v) is 2.67. The lowest BCUT2D eigenvalue weighted by molar-refractivity contribution is -0.115. The number of carbonyl (C=O) groups excluding carboxylic acids is 1. The number of hydrogen-bond donors (Lipinski definition) is 1. The number of aromatic nitrogens is 1. The highest BCUT2D eigenvalue weighted by atomic mass is 16.5. The first kappa shape index (κ1) is 16.5. The Bertz CT molecular complexity index is 976. The van der Waals surface area contributed by atoms with Crippen LogP contribution in [0, 0.1) is 11.3 Å². The molecule has 0 aliphatic heterocycles. The summed E-state index contributed by atoms with van der Waals surface area (Å²) >= 11 is 0. The molecule has 0 bridgehead atoms. The Labute approximate surface area is 145 Å². The van der Waals surface area contributed by atoms with E-state index in [2.05, 4.69) is 16.4 Å². The molecule has 1 amide bonds. The summed E-state index contributed by atoms with van der Waals surface area (Å²) in [7, 11) is 1.57. The second-order valence-electron chi connectivity index (χ2n) is 5.48. The van der Waals surface area contributed by atoms with Crippen LogP contribution in [0.3, 0.4) is 0 Å². The maximum atomic E-state index is 11.7. The zero-order chi connectivity index (χ0) is 17.8. The number of nitrogens with one attached hydrogen (secondary N) is 1. The van der Waals surface area contributed by atoms with Gasteiger partial charge < -0.3 is 10.1 Å². The van der Waals surface area contributed by atoms with E-state index in [1.807, 2.05) is 42.5 Å². The van der Waals surface area contributed by atoms with Crippen molar-refractivity contribution in [2.75, 3.05) is 12.4 Å². The normalized spacial score (nSPS) is 10.3. The number of anilines is 1. The van der Waals surface area contributed by atoms with Crippen LogP contribution >= 0.6 is 0 Å². The zero-order valence-electron chi connectivity index (χ0n) is 14.0. The highest BCUT2D eigenvalue weighted by Crippen LogP contribution is 2.35. The summed E-state index contributed by atoms with van der Waals surface area (Å²) in [5.74, 6) is 0.651. The molecule has 1 heterocycles. The molecule has 0 aliphatic rings. The average Bonchev–Trinajstić information content (AvgIpc) is 2.67. The average molecular weight is 331 g/mol. The topological polar surface area (TPSA) is 75.0 Å². The van der Waals surface area contributed by atoms with E-state index in [9.17, 15) is 10.1 Å². The van der Waals surface area contributed by atoms with Crippen molar-refractivity contribution in [3.8, 4) is 22.9 Å². The van der Waals surface area contributed by atoms with E-state index in [1.165, 1.54) is 0 Å². The molecular formula is C20H17N3O2. The van der Waals surface area contributed by atoms with Crippen LogP contribution < -0.4 is 10.1 Å². The van der Waals surface area contributed by atoms with Crippen molar-refractivity contribution < 1.29 is 9.53 Å². The summed E-state index contributed by atoms with van der Waals surface area (Å²) in [5, 5.41) is 13.0. The maximum absolute atomic E-state index is 11.7. The number of methoxy groups -OCH3 is 1. The van der Waals surface area contributed by atoms with Gasteiger partial charge in [0.25, 0.3) is 0 Å². The number of pyridine rings is 1. The molecule has 3 rings (SSSR count). The van der Waals surface area contributed by atoms with Crippen molar-refractivity contribution in [2.45, 2.75) is 13.3 Å². The van der Waals surface area contributed by atoms with Gasteiger partial charge in [-0.1, -0.05) is 37.3 Å². The number of hydrogen-bond acceptors (Lipinski definition) is 4. The molecule has 0 radical (unpaired) electrons. The van der Waals surface area contributed by atoms with Crippen molar-refractivity contribution in [3.63, 3.8) is 0 Å². The molecule has 0 saturated carbocycles. The quantitative estimate of drug-likeness (QED) is 0.780. The van der Waals surface area contributed by atoms with Gasteiger partial charge in [-0.15, -0.1) is 0 Å². The van der Waals surface area contributed by atoms with Crippen LogP contribution in [0.2, 0.25) is 0 Å². The Morgan fingerprint density at radius 2 is 2.00 bits per heavy atom. The predicted molar refractivity (Wildman–Crippen MR) is 97.4 cm³/mol. The fourth-order valence-electron chi connectivity index (χ4n) is 2.67. The van der Waals surface area contributed by atoms with E-state index < -0.39 is 0 Å². The lowest BCUT2D eigenvalue weighted by Gasteiger charge is -2.13. The zero-order valence-corrected chi connectivity index (χ0v) is 14.0. The molecule has 0 aliphatic carbocycles. The monoisotopic (exact) mass is 331 g/mol. The van der Waals surface area contributed by atoms with Crippen molar-refractivity contribution in [2.24, 2.45) is 0 Å². The van der Waals surface area contributed by atoms with Gasteiger partial charge in [0.2, 0.25) is 5.91 Å². The first-order valence-corrected chi connectivity index (χ1v) is 7.95. The highest BCUT2D eigenvalue weighted by molar-refractivity contribution is 6.01. The summed E-state index contributed by atoms with van der Waals surface area (Å²) in [6.45, 7) is 1.75. The van der Waals surface area contributed by atoms with Crippen LogP contribution in [0.15, 0.2) is 48.5 Å². The summed E-state index contributed by atoms with van der Waals surface area (Å²) in [6, 6.07) is 17.5. The maximum Gasteiger partial charge on any atom is 0.225 e. The van der Waals surface area contributed by atoms with Crippen molar-refractivity contribution >= 4 is 22.6 Å². The van der Waals surface area contributed by atoms with Gasteiger partial charge in [0.15, 0.2) is 5.82 Å². The Balaban J connectivity index is 2.29. The van der Waals surface area contributed by atoms with Gasteiger partial charge in [-0.25, -0.2) is 4.98 Å². The molecule has 0 fully saturated rings. The fraction of sp³-hybridized carbons (Fsp3) is 0.150. The number of carbonyl (C=O) groups is 1. The molecule has 1 N–H and O–H groups in total. The third-order valence-electron chi connectivity index (χ3n) is 3.95. The molecule has 25 heavy (non-hydrogen) atoms. The van der Waals surface area contributed by atoms with Gasteiger partial charge in [0.05, 0.1) is 12.7 Å². The first-order chi connectivity index (χ1) is 12.2. The second kappa shape index (κ2) is 7.02. The molecule has 5 nitrogen and oxygen atoms in total. The smallest absolute Gasteiger partial charge is 0.225 e. The van der Waals surface area contributed by atoms with Crippen molar-refractivity contribution in [1.82, 2.24) is 4.98 Å². The number of nitrogens with zero attached hydrogens (tertiary/aromatic N) is 2. The van der Waals surface area contributed by atoms with E-state index in [1.54, 1.807) is 20.1 Å². The van der Waals surface area contributed by atoms with E-state index in [0.29, 0.717) is 23.3 Å². The molecule has 0 saturated heterocycles. The molecule has 0 atom stereocenters. The van der Waals surface area contributed by atoms with Crippen molar-refractivity contribution in [1.29, 1.82) is 5.26 Å². The van der Waals surface area contributed by atoms with E-state index in [0.717, 1.165) is 16.5 Å². The molecule has 124 valence electrons. The van der Waals surface area contributed by atoms with Gasteiger partial charge in [-0.3, -0.25) is 4.79 Å². The Kier molecular flexibility index (Phi) is 4.62. The number of amides is 1. The van der Waals surface area contributed by atoms with Gasteiger partial charge >= 0.3 is 0 Å². The molecule has 0 unspecified atom stereocenters. The van der Waals surface area contributed by atoms with Crippen LogP contribution in [0.5, 0.6) is 5.75 Å². The number of rotatable bonds is 4. The Hall–Kier alpha value is -3.39. The van der Waals surface area contributed by atoms with Crippen LogP contribution in [0.1, 0.15) is 18.9 Å².